The van der Waals surface area contributed by atoms with E-state index in [1.165, 1.54) is 12.7 Å². The number of nitrogens with one attached hydrogen (secondary N) is 4. The summed E-state index contributed by atoms with van der Waals surface area (Å²) in [5.74, 6) is 0.0101. The summed E-state index contributed by atoms with van der Waals surface area (Å²) in [6.45, 7) is 9.12. The van der Waals surface area contributed by atoms with E-state index in [2.05, 4.69) is 25.9 Å². The van der Waals surface area contributed by atoms with Crippen molar-refractivity contribution in [3.63, 3.8) is 0 Å². The van der Waals surface area contributed by atoms with E-state index in [1.807, 2.05) is 13.8 Å². The maximum Gasteiger partial charge on any atom is 0.408 e. The van der Waals surface area contributed by atoms with Crippen LogP contribution in [0.15, 0.2) is 36.8 Å². The molecule has 5 atom stereocenters. The third-order valence-corrected chi connectivity index (χ3v) is 8.38. The van der Waals surface area contributed by atoms with E-state index in [-0.39, 0.29) is 18.8 Å². The number of carbonyl (C=O) groups excluding carboxylic acids is 3. The van der Waals surface area contributed by atoms with Crippen LogP contribution in [0.4, 0.5) is 4.79 Å². The van der Waals surface area contributed by atoms with Crippen LogP contribution < -0.4 is 20.7 Å². The summed E-state index contributed by atoms with van der Waals surface area (Å²) < 4.78 is 10.7. The minimum Gasteiger partial charge on any atom is -0.497 e. The number of ether oxygens (including phenoxy) is 2. The van der Waals surface area contributed by atoms with Gasteiger partial charge < -0.3 is 40.6 Å². The number of benzene rings is 1. The van der Waals surface area contributed by atoms with Gasteiger partial charge in [0.2, 0.25) is 11.8 Å². The lowest BCUT2D eigenvalue weighted by Crippen LogP contribution is -2.58. The predicted molar refractivity (Wildman–Crippen MR) is 179 cm³/mol. The van der Waals surface area contributed by atoms with E-state index in [0.717, 1.165) is 31.2 Å². The van der Waals surface area contributed by atoms with Crippen LogP contribution in [-0.4, -0.2) is 81.1 Å². The number of alkyl carbamates (subject to hydrolysis) is 1. The molecule has 1 heterocycles. The molecule has 2 aromatic rings. The molecular formula is C35H55N5O7. The maximum atomic E-state index is 14.0. The number of aliphatic hydroxyl groups is 2. The van der Waals surface area contributed by atoms with E-state index in [4.69, 9.17) is 9.47 Å². The van der Waals surface area contributed by atoms with Crippen LogP contribution in [0.25, 0.3) is 0 Å². The Kier molecular flexibility index (Phi) is 14.5. The number of aromatic amines is 1. The lowest BCUT2D eigenvalue weighted by molar-refractivity contribution is -0.131. The summed E-state index contributed by atoms with van der Waals surface area (Å²) in [7, 11) is 1.56. The van der Waals surface area contributed by atoms with Crippen LogP contribution in [0, 0.1) is 11.8 Å². The van der Waals surface area contributed by atoms with Crippen molar-refractivity contribution in [2.24, 2.45) is 11.8 Å². The van der Waals surface area contributed by atoms with Crippen molar-refractivity contribution >= 4 is 17.9 Å². The molecule has 1 saturated carbocycles. The number of nitrogens with zero attached hydrogens (tertiary/aromatic N) is 1. The summed E-state index contributed by atoms with van der Waals surface area (Å²) in [4.78, 5) is 47.7. The molecule has 0 saturated heterocycles. The Morgan fingerprint density at radius 3 is 2.17 bits per heavy atom. The van der Waals surface area contributed by atoms with Gasteiger partial charge in [0.1, 0.15) is 29.5 Å². The van der Waals surface area contributed by atoms with Crippen molar-refractivity contribution in [2.75, 3.05) is 7.11 Å². The number of imidazole rings is 1. The number of H-pyrrole nitrogens is 1. The Bertz CT molecular complexity index is 1240. The third-order valence-electron chi connectivity index (χ3n) is 8.38. The molecule has 12 heteroatoms. The summed E-state index contributed by atoms with van der Waals surface area (Å²) in [5.41, 5.74) is 0.579. The molecule has 0 unspecified atom stereocenters. The van der Waals surface area contributed by atoms with Gasteiger partial charge in [0.15, 0.2) is 0 Å². The smallest absolute Gasteiger partial charge is 0.408 e. The Morgan fingerprint density at radius 1 is 0.957 bits per heavy atom. The molecule has 1 aromatic carbocycles. The summed E-state index contributed by atoms with van der Waals surface area (Å²) in [6, 6.07) is 4.25. The number of hydrogen-bond acceptors (Lipinski definition) is 8. The van der Waals surface area contributed by atoms with Crippen molar-refractivity contribution in [1.82, 2.24) is 25.9 Å². The first kappa shape index (κ1) is 37.8. The van der Waals surface area contributed by atoms with Crippen molar-refractivity contribution in [3.8, 4) is 5.75 Å². The van der Waals surface area contributed by atoms with Gasteiger partial charge in [-0.25, -0.2) is 9.78 Å². The topological polar surface area (TPSA) is 175 Å². The quantitative estimate of drug-likeness (QED) is 0.158. The second kappa shape index (κ2) is 18.1. The molecule has 0 aliphatic heterocycles. The molecule has 0 bridgehead atoms. The fourth-order valence-electron chi connectivity index (χ4n) is 5.99. The van der Waals surface area contributed by atoms with Gasteiger partial charge in [0.05, 0.1) is 25.6 Å². The maximum absolute atomic E-state index is 14.0. The number of methoxy groups -OCH3 is 1. The average Bonchev–Trinajstić information content (AvgIpc) is 3.52. The predicted octanol–water partition coefficient (Wildman–Crippen LogP) is 3.80. The van der Waals surface area contributed by atoms with Gasteiger partial charge in [-0.3, -0.25) is 9.59 Å². The van der Waals surface area contributed by atoms with Gasteiger partial charge >= 0.3 is 6.09 Å². The Labute approximate surface area is 278 Å². The lowest BCUT2D eigenvalue weighted by atomic mass is 9.82. The number of rotatable bonds is 16. The second-order valence-electron chi connectivity index (χ2n) is 14.1. The molecule has 1 aliphatic rings. The molecule has 0 spiro atoms. The molecule has 262 valence electrons. The zero-order chi connectivity index (χ0) is 34.6. The van der Waals surface area contributed by atoms with Gasteiger partial charge in [0, 0.05) is 24.7 Å². The minimum atomic E-state index is -1.18. The van der Waals surface area contributed by atoms with Crippen LogP contribution in [0.5, 0.6) is 5.75 Å². The molecule has 6 N–H and O–H groups in total. The molecule has 3 rings (SSSR count). The van der Waals surface area contributed by atoms with E-state index >= 15 is 0 Å². The Morgan fingerprint density at radius 2 is 1.60 bits per heavy atom. The zero-order valence-corrected chi connectivity index (χ0v) is 28.8. The number of aromatic nitrogens is 2. The van der Waals surface area contributed by atoms with Crippen LogP contribution >= 0.6 is 0 Å². The summed E-state index contributed by atoms with van der Waals surface area (Å²) in [5, 5.41) is 30.6. The molecule has 1 aliphatic carbocycles. The van der Waals surface area contributed by atoms with Crippen molar-refractivity contribution in [1.29, 1.82) is 0 Å². The van der Waals surface area contributed by atoms with Gasteiger partial charge in [0.25, 0.3) is 0 Å². The Hall–Kier alpha value is -3.64. The first-order valence-corrected chi connectivity index (χ1v) is 16.8. The van der Waals surface area contributed by atoms with Gasteiger partial charge in [-0.05, 0) is 63.1 Å². The van der Waals surface area contributed by atoms with Crippen molar-refractivity contribution in [2.45, 2.75) is 128 Å². The fourth-order valence-corrected chi connectivity index (χ4v) is 5.99. The minimum absolute atomic E-state index is 0.0834. The summed E-state index contributed by atoms with van der Waals surface area (Å²) in [6.07, 6.45) is 6.55. The van der Waals surface area contributed by atoms with Crippen molar-refractivity contribution in [3.05, 3.63) is 48.0 Å². The first-order valence-electron chi connectivity index (χ1n) is 16.8. The first-order chi connectivity index (χ1) is 22.2. The average molecular weight is 658 g/mol. The zero-order valence-electron chi connectivity index (χ0n) is 28.8. The molecule has 3 amide bonds. The van der Waals surface area contributed by atoms with E-state index in [0.29, 0.717) is 30.2 Å². The van der Waals surface area contributed by atoms with E-state index in [9.17, 15) is 24.6 Å². The molecular weight excluding hydrogens is 602 g/mol. The highest BCUT2D eigenvalue weighted by Crippen LogP contribution is 2.29. The normalized spacial score (nSPS) is 17.2. The third kappa shape index (κ3) is 13.2. The number of aliphatic hydroxyl groups excluding tert-OH is 2. The lowest BCUT2D eigenvalue weighted by Gasteiger charge is -2.34. The van der Waals surface area contributed by atoms with Crippen LogP contribution in [-0.2, 0) is 27.2 Å². The van der Waals surface area contributed by atoms with Gasteiger partial charge in [-0.2, -0.15) is 0 Å². The number of amides is 3. The molecule has 1 fully saturated rings. The standard InChI is InChI=1S/C35H55N5O7/c1-22(2)16-30(41)31(42)27(17-23-10-8-7-9-11-23)38-33(44)29(19-25-20-36-21-37-25)39-32(43)28(40-34(45)47-35(3,4)5)18-24-12-14-26(46-6)15-13-24/h12-15,20-23,27-31,41-42H,7-11,16-19H2,1-6H3,(H,36,37)(H,38,44)(H,39,43)(H,40,45)/t27-,28-,29-,30-,31+/m0/s1. The van der Waals surface area contributed by atoms with Gasteiger partial charge in [-0.1, -0.05) is 58.1 Å². The number of hydrogen-bond donors (Lipinski definition) is 6. The second-order valence-corrected chi connectivity index (χ2v) is 14.1. The van der Waals surface area contributed by atoms with Gasteiger partial charge in [-0.15, -0.1) is 0 Å². The highest BCUT2D eigenvalue weighted by molar-refractivity contribution is 5.91. The van der Waals surface area contributed by atoms with Crippen LogP contribution in [0.1, 0.15) is 90.8 Å². The molecule has 1 aromatic heterocycles. The number of carbonyl (C=O) groups is 3. The van der Waals surface area contributed by atoms with Crippen LogP contribution in [0.2, 0.25) is 0 Å². The van der Waals surface area contributed by atoms with Crippen LogP contribution in [0.3, 0.4) is 0 Å². The monoisotopic (exact) mass is 657 g/mol. The largest absolute Gasteiger partial charge is 0.497 e. The molecule has 47 heavy (non-hydrogen) atoms. The Balaban J connectivity index is 1.85. The fraction of sp³-hybridized carbons (Fsp3) is 0.657. The molecule has 12 nitrogen and oxygen atoms in total. The SMILES string of the molecule is COc1ccc(C[C@H](NC(=O)OC(C)(C)C)C(=O)N[C@@H](Cc2cnc[nH]2)C(=O)N[C@@H](CC2CCCCC2)[C@@H](O)[C@@H](O)CC(C)C)cc1. The summed E-state index contributed by atoms with van der Waals surface area (Å²) >= 11 is 0. The highest BCUT2D eigenvalue weighted by atomic mass is 16.6. The highest BCUT2D eigenvalue weighted by Gasteiger charge is 2.34. The molecule has 0 radical (unpaired) electrons. The van der Waals surface area contributed by atoms with Crippen molar-refractivity contribution < 1.29 is 34.1 Å². The van der Waals surface area contributed by atoms with E-state index in [1.54, 1.807) is 58.3 Å². The van der Waals surface area contributed by atoms with E-state index < -0.39 is 53.8 Å².